The van der Waals surface area contributed by atoms with E-state index in [-0.39, 0.29) is 0 Å². The first-order valence-electron chi connectivity index (χ1n) is 4.51. The van der Waals surface area contributed by atoms with Crippen molar-refractivity contribution in [3.05, 3.63) is 36.9 Å². The summed E-state index contributed by atoms with van der Waals surface area (Å²) in [4.78, 5) is 19.8. The van der Waals surface area contributed by atoms with Gasteiger partial charge in [0.15, 0.2) is 11.5 Å². The van der Waals surface area contributed by atoms with E-state index in [1.54, 1.807) is 24.8 Å². The van der Waals surface area contributed by atoms with E-state index in [0.717, 1.165) is 5.52 Å². The number of fused-ring (bicyclic) bond motifs is 1. The molecule has 0 unspecified atom stereocenters. The molecule has 3 heterocycles. The largest absolute Gasteiger partial charge is 0.343 e. The highest BCUT2D eigenvalue weighted by atomic mass is 15.0. The molecule has 0 saturated carbocycles. The van der Waals surface area contributed by atoms with Crippen molar-refractivity contribution in [3.63, 3.8) is 0 Å². The Labute approximate surface area is 85.3 Å². The lowest BCUT2D eigenvalue weighted by molar-refractivity contribution is 1.18. The summed E-state index contributed by atoms with van der Waals surface area (Å²) >= 11 is 0. The number of nitrogens with one attached hydrogen (secondary N) is 1. The molecule has 0 aromatic carbocycles. The van der Waals surface area contributed by atoms with E-state index in [2.05, 4.69) is 24.9 Å². The minimum Gasteiger partial charge on any atom is -0.343 e. The predicted octanol–water partition coefficient (Wildman–Crippen LogP) is 1.41. The number of hydrogen-bond acceptors (Lipinski definition) is 4. The lowest BCUT2D eigenvalue weighted by Gasteiger charge is -1.97. The fourth-order valence-corrected chi connectivity index (χ4v) is 1.37. The van der Waals surface area contributed by atoms with E-state index in [9.17, 15) is 0 Å². The van der Waals surface area contributed by atoms with Gasteiger partial charge in [-0.2, -0.15) is 0 Å². The maximum atomic E-state index is 4.35. The van der Waals surface area contributed by atoms with E-state index in [1.165, 1.54) is 0 Å². The van der Waals surface area contributed by atoms with Gasteiger partial charge in [-0.15, -0.1) is 0 Å². The molecule has 3 aromatic heterocycles. The van der Waals surface area contributed by atoms with Gasteiger partial charge in [0.05, 0.1) is 6.20 Å². The minimum absolute atomic E-state index is 0.631. The summed E-state index contributed by atoms with van der Waals surface area (Å²) < 4.78 is 0. The first kappa shape index (κ1) is 8.05. The Hall–Kier alpha value is -2.30. The van der Waals surface area contributed by atoms with Crippen molar-refractivity contribution in [1.29, 1.82) is 0 Å². The van der Waals surface area contributed by atoms with Crippen LogP contribution in [0.4, 0.5) is 0 Å². The maximum absolute atomic E-state index is 4.35. The second kappa shape index (κ2) is 3.13. The van der Waals surface area contributed by atoms with Gasteiger partial charge in [-0.25, -0.2) is 15.0 Å². The van der Waals surface area contributed by atoms with Gasteiger partial charge in [-0.3, -0.25) is 4.98 Å². The van der Waals surface area contributed by atoms with Gasteiger partial charge in [-0.1, -0.05) is 0 Å². The molecule has 0 radical (unpaired) electrons. The normalized spacial score (nSPS) is 10.7. The Bertz CT molecular complexity index is 588. The molecule has 0 saturated heterocycles. The molecule has 5 heteroatoms. The number of nitrogens with zero attached hydrogens (tertiary/aromatic N) is 4. The molecule has 72 valence electrons. The summed E-state index contributed by atoms with van der Waals surface area (Å²) in [6, 6.07) is 3.71. The Morgan fingerprint density at radius 2 is 2.07 bits per heavy atom. The summed E-state index contributed by atoms with van der Waals surface area (Å²) in [5, 5.41) is 0. The fraction of sp³-hybridized carbons (Fsp3) is 0. The highest BCUT2D eigenvalue weighted by Gasteiger charge is 2.03. The molecule has 1 N–H and O–H groups in total. The maximum Gasteiger partial charge on any atom is 0.178 e. The zero-order chi connectivity index (χ0) is 10.1. The number of rotatable bonds is 1. The number of hydrogen-bond donors (Lipinski definition) is 1. The molecule has 15 heavy (non-hydrogen) atoms. The van der Waals surface area contributed by atoms with Crippen LogP contribution in [0, 0.1) is 0 Å². The van der Waals surface area contributed by atoms with Gasteiger partial charge in [-0.05, 0) is 12.1 Å². The van der Waals surface area contributed by atoms with Gasteiger partial charge >= 0.3 is 0 Å². The summed E-state index contributed by atoms with van der Waals surface area (Å²) in [6.45, 7) is 0. The van der Waals surface area contributed by atoms with Crippen molar-refractivity contribution in [3.8, 4) is 11.5 Å². The zero-order valence-electron chi connectivity index (χ0n) is 7.75. The van der Waals surface area contributed by atoms with Gasteiger partial charge < -0.3 is 4.98 Å². The number of H-pyrrole nitrogens is 1. The van der Waals surface area contributed by atoms with Crippen molar-refractivity contribution in [1.82, 2.24) is 24.9 Å². The molecule has 0 spiro atoms. The summed E-state index contributed by atoms with van der Waals surface area (Å²) in [6.07, 6.45) is 6.81. The van der Waals surface area contributed by atoms with Crippen molar-refractivity contribution >= 4 is 11.2 Å². The quantitative estimate of drug-likeness (QED) is 0.640. The highest BCUT2D eigenvalue weighted by molar-refractivity contribution is 5.71. The van der Waals surface area contributed by atoms with Crippen molar-refractivity contribution in [2.75, 3.05) is 0 Å². The highest BCUT2D eigenvalue weighted by Crippen LogP contribution is 2.12. The van der Waals surface area contributed by atoms with Gasteiger partial charge in [0.25, 0.3) is 0 Å². The molecular weight excluding hydrogens is 190 g/mol. The van der Waals surface area contributed by atoms with Crippen LogP contribution in [0.25, 0.3) is 22.7 Å². The molecule has 0 aliphatic carbocycles. The van der Waals surface area contributed by atoms with Gasteiger partial charge in [0.2, 0.25) is 0 Å². The molecule has 0 atom stereocenters. The predicted molar refractivity (Wildman–Crippen MR) is 54.9 cm³/mol. The van der Waals surface area contributed by atoms with Crippen LogP contribution in [-0.4, -0.2) is 24.9 Å². The van der Waals surface area contributed by atoms with Crippen LogP contribution >= 0.6 is 0 Å². The molecule has 3 aromatic rings. The molecule has 3 rings (SSSR count). The second-order valence-electron chi connectivity index (χ2n) is 3.04. The van der Waals surface area contributed by atoms with E-state index >= 15 is 0 Å². The van der Waals surface area contributed by atoms with E-state index in [4.69, 9.17) is 0 Å². The second-order valence-corrected chi connectivity index (χ2v) is 3.04. The average molecular weight is 197 g/mol. The summed E-state index contributed by atoms with van der Waals surface area (Å²) in [5.74, 6) is 0.704. The van der Waals surface area contributed by atoms with Crippen molar-refractivity contribution in [2.24, 2.45) is 0 Å². The Balaban J connectivity index is 2.22. The molecule has 0 bridgehead atoms. The first-order chi connectivity index (χ1) is 7.43. The lowest BCUT2D eigenvalue weighted by atomic mass is 10.4. The topological polar surface area (TPSA) is 67.3 Å². The summed E-state index contributed by atoms with van der Waals surface area (Å²) in [7, 11) is 0. The van der Waals surface area contributed by atoms with Crippen LogP contribution in [-0.2, 0) is 0 Å². The minimum atomic E-state index is 0.631. The summed E-state index contributed by atoms with van der Waals surface area (Å²) in [5.41, 5.74) is 2.12. The molecular formula is C10H7N5. The molecule has 0 aliphatic heterocycles. The fourth-order valence-electron chi connectivity index (χ4n) is 1.37. The van der Waals surface area contributed by atoms with Crippen molar-refractivity contribution in [2.45, 2.75) is 0 Å². The first-order valence-corrected chi connectivity index (χ1v) is 4.51. The molecule has 0 aliphatic rings. The van der Waals surface area contributed by atoms with E-state index in [1.807, 2.05) is 12.1 Å². The average Bonchev–Trinajstić information content (AvgIpc) is 2.82. The van der Waals surface area contributed by atoms with Crippen molar-refractivity contribution < 1.29 is 0 Å². The van der Waals surface area contributed by atoms with Crippen LogP contribution in [0.1, 0.15) is 0 Å². The van der Waals surface area contributed by atoms with Crippen LogP contribution in [0.3, 0.4) is 0 Å². The van der Waals surface area contributed by atoms with Crippen LogP contribution in [0.2, 0.25) is 0 Å². The Kier molecular flexibility index (Phi) is 1.68. The van der Waals surface area contributed by atoms with E-state index < -0.39 is 0 Å². The molecule has 0 fully saturated rings. The van der Waals surface area contributed by atoms with Gasteiger partial charge in [0.1, 0.15) is 11.2 Å². The number of pyridine rings is 1. The smallest absolute Gasteiger partial charge is 0.178 e. The Morgan fingerprint density at radius 1 is 1.07 bits per heavy atom. The molecule has 0 amide bonds. The zero-order valence-corrected chi connectivity index (χ0v) is 7.75. The number of aromatic amines is 1. The third kappa shape index (κ3) is 1.34. The SMILES string of the molecule is c1cnc2nc(-c3ncc[nH]3)cnc2c1. The molecule has 5 nitrogen and oxygen atoms in total. The number of aromatic nitrogens is 5. The van der Waals surface area contributed by atoms with Gasteiger partial charge in [0, 0.05) is 18.6 Å². The van der Waals surface area contributed by atoms with Crippen LogP contribution < -0.4 is 0 Å². The lowest BCUT2D eigenvalue weighted by Crippen LogP contribution is -1.91. The Morgan fingerprint density at radius 3 is 2.93 bits per heavy atom. The third-order valence-electron chi connectivity index (χ3n) is 2.06. The van der Waals surface area contributed by atoms with E-state index in [0.29, 0.717) is 17.2 Å². The number of imidazole rings is 1. The van der Waals surface area contributed by atoms with Crippen LogP contribution in [0.5, 0.6) is 0 Å². The monoisotopic (exact) mass is 197 g/mol. The third-order valence-corrected chi connectivity index (χ3v) is 2.06. The van der Waals surface area contributed by atoms with Crippen LogP contribution in [0.15, 0.2) is 36.9 Å². The standard InChI is InChI=1S/C10H7N5/c1-2-7-10(11-3-1)15-8(6-14-7)9-12-4-5-13-9/h1-6H,(H,12,13).